The van der Waals surface area contributed by atoms with Crippen molar-refractivity contribution in [1.82, 2.24) is 10.2 Å². The number of carbonyl (C=O) groups is 2. The van der Waals surface area contributed by atoms with Gasteiger partial charge in [0.25, 0.3) is 5.22 Å². The summed E-state index contributed by atoms with van der Waals surface area (Å²) >= 11 is 2.49. The molecule has 7 nitrogen and oxygen atoms in total. The molecule has 152 valence electrons. The Morgan fingerprint density at radius 1 is 1.24 bits per heavy atom. The first-order valence-corrected chi connectivity index (χ1v) is 10.8. The SMILES string of the molecule is CCOC(=O)c1c(NC(=O)CSc2nnc(-c3cccc(C)c3)o2)sc(C)c1C. The van der Waals surface area contributed by atoms with Crippen LogP contribution in [0.25, 0.3) is 11.5 Å². The van der Waals surface area contributed by atoms with E-state index in [0.29, 0.717) is 21.7 Å². The van der Waals surface area contributed by atoms with Gasteiger partial charge in [0.15, 0.2) is 0 Å². The van der Waals surface area contributed by atoms with Crippen molar-refractivity contribution in [2.75, 3.05) is 17.7 Å². The van der Waals surface area contributed by atoms with Gasteiger partial charge in [-0.3, -0.25) is 4.79 Å². The summed E-state index contributed by atoms with van der Waals surface area (Å²) in [4.78, 5) is 25.6. The smallest absolute Gasteiger partial charge is 0.341 e. The Morgan fingerprint density at radius 3 is 2.76 bits per heavy atom. The molecule has 1 aromatic carbocycles. The fourth-order valence-corrected chi connectivity index (χ4v) is 4.24. The topological polar surface area (TPSA) is 94.3 Å². The Morgan fingerprint density at radius 2 is 2.03 bits per heavy atom. The van der Waals surface area contributed by atoms with Gasteiger partial charge >= 0.3 is 5.97 Å². The molecule has 1 amide bonds. The number of hydrogen-bond donors (Lipinski definition) is 1. The average Bonchev–Trinajstić information content (AvgIpc) is 3.25. The average molecular weight is 432 g/mol. The summed E-state index contributed by atoms with van der Waals surface area (Å²) in [7, 11) is 0. The highest BCUT2D eigenvalue weighted by Crippen LogP contribution is 2.33. The molecule has 1 N–H and O–H groups in total. The first-order valence-electron chi connectivity index (χ1n) is 8.99. The zero-order valence-corrected chi connectivity index (χ0v) is 18.2. The number of hydrogen-bond acceptors (Lipinski definition) is 8. The van der Waals surface area contributed by atoms with Gasteiger partial charge < -0.3 is 14.5 Å². The lowest BCUT2D eigenvalue weighted by Crippen LogP contribution is -2.16. The summed E-state index contributed by atoms with van der Waals surface area (Å²) in [5.41, 5.74) is 3.15. The number of rotatable bonds is 7. The van der Waals surface area contributed by atoms with Crippen LogP contribution >= 0.6 is 23.1 Å². The molecule has 0 aliphatic carbocycles. The van der Waals surface area contributed by atoms with Crippen LogP contribution < -0.4 is 5.32 Å². The summed E-state index contributed by atoms with van der Waals surface area (Å²) in [5, 5.41) is 11.6. The van der Waals surface area contributed by atoms with Gasteiger partial charge in [-0.2, -0.15) is 0 Å². The van der Waals surface area contributed by atoms with Crippen molar-refractivity contribution in [2.24, 2.45) is 0 Å². The van der Waals surface area contributed by atoms with Crippen LogP contribution in [0.1, 0.15) is 33.3 Å². The van der Waals surface area contributed by atoms with E-state index < -0.39 is 5.97 Å². The molecule has 2 aromatic heterocycles. The van der Waals surface area contributed by atoms with Crippen LogP contribution in [0.5, 0.6) is 0 Å². The molecule has 9 heteroatoms. The van der Waals surface area contributed by atoms with Crippen molar-refractivity contribution < 1.29 is 18.7 Å². The van der Waals surface area contributed by atoms with Crippen molar-refractivity contribution in [3.63, 3.8) is 0 Å². The third kappa shape index (κ3) is 5.04. The molecule has 0 fully saturated rings. The summed E-state index contributed by atoms with van der Waals surface area (Å²) in [5.74, 6) is -0.215. The Labute approximate surface area is 176 Å². The van der Waals surface area contributed by atoms with Gasteiger partial charge in [-0.25, -0.2) is 4.79 Å². The predicted molar refractivity (Wildman–Crippen MR) is 114 cm³/mol. The van der Waals surface area contributed by atoms with Gasteiger partial charge in [-0.1, -0.05) is 29.5 Å². The number of thiophene rings is 1. The summed E-state index contributed by atoms with van der Waals surface area (Å²) in [6, 6.07) is 7.74. The second kappa shape index (κ2) is 9.23. The van der Waals surface area contributed by atoms with Gasteiger partial charge in [-0.15, -0.1) is 21.5 Å². The first-order chi connectivity index (χ1) is 13.9. The van der Waals surface area contributed by atoms with Crippen molar-refractivity contribution in [2.45, 2.75) is 32.9 Å². The molecular formula is C20H21N3O4S2. The van der Waals surface area contributed by atoms with Crippen LogP contribution in [0.3, 0.4) is 0 Å². The molecule has 0 aliphatic heterocycles. The number of nitrogens with one attached hydrogen (secondary N) is 1. The highest BCUT2D eigenvalue weighted by atomic mass is 32.2. The van der Waals surface area contributed by atoms with Crippen LogP contribution in [-0.4, -0.2) is 34.4 Å². The van der Waals surface area contributed by atoms with Crippen molar-refractivity contribution in [3.8, 4) is 11.5 Å². The number of aromatic nitrogens is 2. The third-order valence-electron chi connectivity index (χ3n) is 4.12. The van der Waals surface area contributed by atoms with Gasteiger partial charge in [0.1, 0.15) is 5.00 Å². The van der Waals surface area contributed by atoms with E-state index in [9.17, 15) is 9.59 Å². The number of aryl methyl sites for hydroxylation is 2. The van der Waals surface area contributed by atoms with E-state index in [-0.39, 0.29) is 18.3 Å². The van der Waals surface area contributed by atoms with Crippen LogP contribution in [-0.2, 0) is 9.53 Å². The van der Waals surface area contributed by atoms with E-state index in [2.05, 4.69) is 15.5 Å². The molecule has 3 rings (SSSR count). The maximum atomic E-state index is 12.4. The lowest BCUT2D eigenvalue weighted by atomic mass is 10.1. The Bertz CT molecular complexity index is 1040. The number of anilines is 1. The summed E-state index contributed by atoms with van der Waals surface area (Å²) in [6.45, 7) is 7.75. The number of thioether (sulfide) groups is 1. The zero-order valence-electron chi connectivity index (χ0n) is 16.6. The minimum Gasteiger partial charge on any atom is -0.462 e. The molecule has 0 radical (unpaired) electrons. The molecule has 0 saturated carbocycles. The van der Waals surface area contributed by atoms with Gasteiger partial charge in [0.05, 0.1) is 17.9 Å². The molecule has 3 aromatic rings. The number of amides is 1. The molecule has 0 saturated heterocycles. The van der Waals surface area contributed by atoms with Crippen LogP contribution in [0.2, 0.25) is 0 Å². The summed E-state index contributed by atoms with van der Waals surface area (Å²) < 4.78 is 10.7. The number of ether oxygens (including phenoxy) is 1. The maximum Gasteiger partial charge on any atom is 0.341 e. The second-order valence-corrected chi connectivity index (χ2v) is 8.44. The van der Waals surface area contributed by atoms with Crippen molar-refractivity contribution in [1.29, 1.82) is 0 Å². The second-order valence-electron chi connectivity index (χ2n) is 6.29. The standard InChI is InChI=1S/C20H21N3O4S2/c1-5-26-19(25)16-12(3)13(4)29-18(16)21-15(24)10-28-20-23-22-17(27-20)14-8-6-7-11(2)9-14/h6-9H,5,10H2,1-4H3,(H,21,24). The Hall–Kier alpha value is -2.65. The number of carbonyl (C=O) groups excluding carboxylic acids is 2. The van der Waals surface area contributed by atoms with E-state index in [4.69, 9.17) is 9.15 Å². The van der Waals surface area contributed by atoms with E-state index in [1.165, 1.54) is 11.3 Å². The maximum absolute atomic E-state index is 12.4. The van der Waals surface area contributed by atoms with Crippen LogP contribution in [0.4, 0.5) is 5.00 Å². The van der Waals surface area contributed by atoms with Crippen LogP contribution in [0.15, 0.2) is 33.9 Å². The van der Waals surface area contributed by atoms with Crippen LogP contribution in [0, 0.1) is 20.8 Å². The normalized spacial score (nSPS) is 10.8. The van der Waals surface area contributed by atoms with Gasteiger partial charge in [-0.05, 0) is 45.4 Å². The van der Waals surface area contributed by atoms with E-state index in [1.807, 2.05) is 45.0 Å². The molecule has 0 aliphatic rings. The lowest BCUT2D eigenvalue weighted by molar-refractivity contribution is -0.113. The van der Waals surface area contributed by atoms with Gasteiger partial charge in [0.2, 0.25) is 11.8 Å². The molecule has 0 atom stereocenters. The Kier molecular flexibility index (Phi) is 6.71. The predicted octanol–water partition coefficient (Wildman–Crippen LogP) is 4.63. The van der Waals surface area contributed by atoms with Gasteiger partial charge in [0, 0.05) is 10.4 Å². The quantitative estimate of drug-likeness (QED) is 0.430. The van der Waals surface area contributed by atoms with E-state index in [0.717, 1.165) is 33.3 Å². The molecular weight excluding hydrogens is 410 g/mol. The van der Waals surface area contributed by atoms with E-state index >= 15 is 0 Å². The third-order valence-corrected chi connectivity index (χ3v) is 6.06. The molecule has 2 heterocycles. The molecule has 0 bridgehead atoms. The number of benzene rings is 1. The van der Waals surface area contributed by atoms with E-state index in [1.54, 1.807) is 6.92 Å². The Balaban J connectivity index is 1.64. The monoisotopic (exact) mass is 431 g/mol. The number of nitrogens with zero attached hydrogens (tertiary/aromatic N) is 2. The molecule has 0 spiro atoms. The summed E-state index contributed by atoms with van der Waals surface area (Å²) in [6.07, 6.45) is 0. The number of esters is 1. The molecule has 29 heavy (non-hydrogen) atoms. The fraction of sp³-hybridized carbons (Fsp3) is 0.300. The minimum atomic E-state index is -0.433. The minimum absolute atomic E-state index is 0.0771. The largest absolute Gasteiger partial charge is 0.462 e. The highest BCUT2D eigenvalue weighted by Gasteiger charge is 2.22. The fourth-order valence-electron chi connectivity index (χ4n) is 2.62. The van der Waals surface area contributed by atoms with Crippen molar-refractivity contribution >= 4 is 40.0 Å². The molecule has 0 unspecified atom stereocenters. The lowest BCUT2D eigenvalue weighted by Gasteiger charge is -2.06. The zero-order chi connectivity index (χ0) is 21.0. The first kappa shape index (κ1) is 21.1. The highest BCUT2D eigenvalue weighted by molar-refractivity contribution is 7.99. The van der Waals surface area contributed by atoms with Crippen molar-refractivity contribution in [3.05, 3.63) is 45.8 Å².